The summed E-state index contributed by atoms with van der Waals surface area (Å²) in [6.07, 6.45) is 2.21. The molecule has 0 aliphatic heterocycles. The lowest BCUT2D eigenvalue weighted by Gasteiger charge is -2.08. The molecule has 4 rings (SSSR count). The van der Waals surface area contributed by atoms with E-state index in [1.54, 1.807) is 36.8 Å². The lowest BCUT2D eigenvalue weighted by Crippen LogP contribution is -2.39. The van der Waals surface area contributed by atoms with Gasteiger partial charge in [-0.15, -0.1) is 0 Å². The monoisotopic (exact) mass is 426 g/mol. The molecule has 0 atom stereocenters. The molecular weight excluding hydrogens is 404 g/mol. The van der Waals surface area contributed by atoms with E-state index < -0.39 is 0 Å². The number of fused-ring (bicyclic) bond motifs is 1. The van der Waals surface area contributed by atoms with Crippen LogP contribution < -0.4 is 11.2 Å². The molecular formula is C20H22N6O3S. The first-order valence-corrected chi connectivity index (χ1v) is 10.7. The molecule has 0 fully saturated rings. The predicted octanol–water partition coefficient (Wildman–Crippen LogP) is 2.12. The van der Waals surface area contributed by atoms with Gasteiger partial charge in [0.05, 0.1) is 12.1 Å². The number of benzene rings is 1. The van der Waals surface area contributed by atoms with Gasteiger partial charge in [0.1, 0.15) is 0 Å². The highest BCUT2D eigenvalue weighted by atomic mass is 32.2. The molecule has 0 unspecified atom stereocenters. The van der Waals surface area contributed by atoms with Gasteiger partial charge in [0.25, 0.3) is 5.56 Å². The van der Waals surface area contributed by atoms with Crippen LogP contribution in [0.3, 0.4) is 0 Å². The third kappa shape index (κ3) is 3.82. The van der Waals surface area contributed by atoms with E-state index in [4.69, 9.17) is 4.52 Å². The molecule has 9 nitrogen and oxygen atoms in total. The quantitative estimate of drug-likeness (QED) is 0.417. The van der Waals surface area contributed by atoms with Crippen LogP contribution in [0.2, 0.25) is 0 Å². The van der Waals surface area contributed by atoms with E-state index in [1.165, 1.54) is 14.7 Å². The summed E-state index contributed by atoms with van der Waals surface area (Å²) in [4.78, 5) is 33.7. The smallest absolute Gasteiger partial charge is 0.332 e. The first kappa shape index (κ1) is 20.1. The van der Waals surface area contributed by atoms with Crippen molar-refractivity contribution in [2.24, 2.45) is 14.1 Å². The zero-order valence-electron chi connectivity index (χ0n) is 17.0. The Balaban J connectivity index is 1.35. The molecule has 156 valence electrons. The lowest BCUT2D eigenvalue weighted by atomic mass is 10.1. The number of nitrogens with zero attached hydrogens (tertiary/aromatic N) is 6. The molecule has 0 aliphatic carbocycles. The summed E-state index contributed by atoms with van der Waals surface area (Å²) in [5, 5.41) is 4.03. The molecule has 0 aliphatic rings. The first-order chi connectivity index (χ1) is 14.5. The standard InChI is InChI=1S/C20H22N6O3S/c1-13-5-7-14(8-6-13)17-22-15(29-23-17)11-30-10-4-9-26-19(27)16-18(21-12-24(16)2)25(3)20(26)28/h5-8,12H,4,9-11H2,1-3H3. The highest BCUT2D eigenvalue weighted by Gasteiger charge is 2.14. The molecule has 0 bridgehead atoms. The summed E-state index contributed by atoms with van der Waals surface area (Å²) in [6.45, 7) is 2.37. The molecule has 0 spiro atoms. The number of hydrogen-bond donors (Lipinski definition) is 0. The predicted molar refractivity (Wildman–Crippen MR) is 115 cm³/mol. The van der Waals surface area contributed by atoms with Gasteiger partial charge in [-0.3, -0.25) is 13.9 Å². The van der Waals surface area contributed by atoms with Crippen molar-refractivity contribution in [1.82, 2.24) is 28.8 Å². The van der Waals surface area contributed by atoms with Crippen LogP contribution in [0, 0.1) is 6.92 Å². The summed E-state index contributed by atoms with van der Waals surface area (Å²) < 4.78 is 9.65. The molecule has 3 heterocycles. The van der Waals surface area contributed by atoms with Crippen molar-refractivity contribution >= 4 is 22.9 Å². The van der Waals surface area contributed by atoms with Crippen molar-refractivity contribution < 1.29 is 4.52 Å². The first-order valence-electron chi connectivity index (χ1n) is 9.54. The zero-order valence-corrected chi connectivity index (χ0v) is 17.8. The normalized spacial score (nSPS) is 11.4. The number of thioether (sulfide) groups is 1. The van der Waals surface area contributed by atoms with Gasteiger partial charge in [0.2, 0.25) is 11.7 Å². The van der Waals surface area contributed by atoms with Gasteiger partial charge in [0, 0.05) is 26.2 Å². The molecule has 3 aromatic heterocycles. The van der Waals surface area contributed by atoms with E-state index in [0.717, 1.165) is 11.3 Å². The van der Waals surface area contributed by atoms with Crippen molar-refractivity contribution in [2.75, 3.05) is 5.75 Å². The minimum absolute atomic E-state index is 0.308. The van der Waals surface area contributed by atoms with Crippen LogP contribution in [0.15, 0.2) is 44.7 Å². The van der Waals surface area contributed by atoms with Crippen LogP contribution in [-0.4, -0.2) is 34.6 Å². The van der Waals surface area contributed by atoms with Crippen LogP contribution in [0.4, 0.5) is 0 Å². The van der Waals surface area contributed by atoms with E-state index in [1.807, 2.05) is 31.2 Å². The molecule has 30 heavy (non-hydrogen) atoms. The Morgan fingerprint density at radius 1 is 1.13 bits per heavy atom. The molecule has 0 amide bonds. The van der Waals surface area contributed by atoms with Crippen LogP contribution >= 0.6 is 11.8 Å². The number of rotatable bonds is 7. The van der Waals surface area contributed by atoms with E-state index in [9.17, 15) is 9.59 Å². The van der Waals surface area contributed by atoms with Gasteiger partial charge in [-0.05, 0) is 19.1 Å². The summed E-state index contributed by atoms with van der Waals surface area (Å²) in [5.41, 5.74) is 2.27. The van der Waals surface area contributed by atoms with Crippen LogP contribution in [0.5, 0.6) is 0 Å². The number of aryl methyl sites for hydroxylation is 3. The van der Waals surface area contributed by atoms with Gasteiger partial charge in [-0.1, -0.05) is 35.0 Å². The highest BCUT2D eigenvalue weighted by Crippen LogP contribution is 2.19. The second kappa shape index (κ2) is 8.31. The Labute approximate surface area is 176 Å². The SMILES string of the molecule is Cc1ccc(-c2noc(CSCCCn3c(=O)c4c(ncn4C)n(C)c3=O)n2)cc1. The molecule has 0 N–H and O–H groups in total. The van der Waals surface area contributed by atoms with E-state index in [-0.39, 0.29) is 11.2 Å². The largest absolute Gasteiger partial charge is 0.338 e. The Kier molecular flexibility index (Phi) is 5.58. The molecule has 10 heteroatoms. The average Bonchev–Trinajstić information content (AvgIpc) is 3.36. The summed E-state index contributed by atoms with van der Waals surface area (Å²) in [7, 11) is 3.38. The highest BCUT2D eigenvalue weighted by molar-refractivity contribution is 7.98. The second-order valence-electron chi connectivity index (χ2n) is 7.11. The maximum Gasteiger partial charge on any atom is 0.332 e. The van der Waals surface area contributed by atoms with Crippen molar-refractivity contribution in [3.05, 3.63) is 62.9 Å². The molecule has 0 saturated carbocycles. The van der Waals surface area contributed by atoms with Crippen LogP contribution in [0.25, 0.3) is 22.6 Å². The van der Waals surface area contributed by atoms with Gasteiger partial charge in [0.15, 0.2) is 11.2 Å². The number of aromatic nitrogens is 6. The van der Waals surface area contributed by atoms with Crippen molar-refractivity contribution in [3.8, 4) is 11.4 Å². The molecule has 0 radical (unpaired) electrons. The third-order valence-corrected chi connectivity index (χ3v) is 5.90. The third-order valence-electron chi connectivity index (χ3n) is 4.87. The minimum atomic E-state index is -0.351. The zero-order chi connectivity index (χ0) is 21.3. The van der Waals surface area contributed by atoms with Crippen molar-refractivity contribution in [3.63, 3.8) is 0 Å². The van der Waals surface area contributed by atoms with Gasteiger partial charge < -0.3 is 9.09 Å². The summed E-state index contributed by atoms with van der Waals surface area (Å²) in [5.74, 6) is 2.46. The fourth-order valence-corrected chi connectivity index (χ4v) is 3.98. The fourth-order valence-electron chi connectivity index (χ4n) is 3.21. The van der Waals surface area contributed by atoms with E-state index in [2.05, 4.69) is 15.1 Å². The Morgan fingerprint density at radius 2 is 1.90 bits per heavy atom. The number of imidazole rings is 1. The minimum Gasteiger partial charge on any atom is -0.338 e. The van der Waals surface area contributed by atoms with E-state index in [0.29, 0.717) is 41.6 Å². The maximum absolute atomic E-state index is 12.7. The van der Waals surface area contributed by atoms with Crippen LogP contribution in [0.1, 0.15) is 17.9 Å². The summed E-state index contributed by atoms with van der Waals surface area (Å²) in [6, 6.07) is 7.95. The Hall–Kier alpha value is -3.14. The van der Waals surface area contributed by atoms with Gasteiger partial charge in [-0.25, -0.2) is 9.78 Å². The van der Waals surface area contributed by atoms with Crippen molar-refractivity contribution in [1.29, 1.82) is 0 Å². The maximum atomic E-state index is 12.7. The molecule has 4 aromatic rings. The molecule has 0 saturated heterocycles. The fraction of sp³-hybridized carbons (Fsp3) is 0.350. The Bertz CT molecular complexity index is 1300. The lowest BCUT2D eigenvalue weighted by molar-refractivity contribution is 0.391. The summed E-state index contributed by atoms with van der Waals surface area (Å²) >= 11 is 1.62. The Morgan fingerprint density at radius 3 is 2.67 bits per heavy atom. The second-order valence-corrected chi connectivity index (χ2v) is 8.22. The van der Waals surface area contributed by atoms with Gasteiger partial charge in [-0.2, -0.15) is 16.7 Å². The van der Waals surface area contributed by atoms with Crippen LogP contribution in [-0.2, 0) is 26.4 Å². The van der Waals surface area contributed by atoms with E-state index >= 15 is 0 Å². The topological polar surface area (TPSA) is 101 Å². The molecule has 1 aromatic carbocycles. The number of hydrogen-bond acceptors (Lipinski definition) is 7. The van der Waals surface area contributed by atoms with Gasteiger partial charge >= 0.3 is 5.69 Å². The van der Waals surface area contributed by atoms with Crippen molar-refractivity contribution in [2.45, 2.75) is 25.6 Å². The average molecular weight is 427 g/mol.